The van der Waals surface area contributed by atoms with Gasteiger partial charge in [0.15, 0.2) is 0 Å². The topological polar surface area (TPSA) is 76.5 Å². The Morgan fingerprint density at radius 3 is 2.60 bits per heavy atom. The van der Waals surface area contributed by atoms with Crippen molar-refractivity contribution < 1.29 is 4.74 Å². The summed E-state index contributed by atoms with van der Waals surface area (Å²) in [6, 6.07) is 19.1. The summed E-state index contributed by atoms with van der Waals surface area (Å²) in [5, 5.41) is 5.48. The number of aromatic nitrogens is 2. The molecule has 0 aliphatic carbocycles. The molecule has 0 saturated carbocycles. The number of H-pyrrole nitrogens is 1. The molecule has 4 aromatic rings. The van der Waals surface area contributed by atoms with Gasteiger partial charge >= 0.3 is 5.69 Å². The van der Waals surface area contributed by atoms with Crippen LogP contribution in [0.5, 0.6) is 5.75 Å². The minimum absolute atomic E-state index is 0.235. The van der Waals surface area contributed by atoms with Gasteiger partial charge in [-0.25, -0.2) is 4.79 Å². The normalized spacial score (nSPS) is 11.3. The lowest BCUT2D eigenvalue weighted by Crippen LogP contribution is -2.32. The van der Waals surface area contributed by atoms with Crippen molar-refractivity contribution in [2.75, 3.05) is 0 Å². The highest BCUT2D eigenvalue weighted by molar-refractivity contribution is 6.31. The number of nitrogens with one attached hydrogen (secondary N) is 1. The molecule has 0 saturated heterocycles. The van der Waals surface area contributed by atoms with Crippen LogP contribution in [0.25, 0.3) is 10.9 Å². The number of fused-ring (bicyclic) bond motifs is 1. The molecule has 3 aromatic carbocycles. The van der Waals surface area contributed by atoms with E-state index in [4.69, 9.17) is 27.9 Å². The van der Waals surface area contributed by atoms with Crippen LogP contribution in [0.15, 0.2) is 81.4 Å². The Labute approximate surface area is 181 Å². The molecule has 0 amide bonds. The van der Waals surface area contributed by atoms with Crippen LogP contribution in [0.4, 0.5) is 0 Å². The molecule has 1 aromatic heterocycles. The van der Waals surface area contributed by atoms with Gasteiger partial charge in [0.1, 0.15) is 12.4 Å². The maximum atomic E-state index is 12.6. The van der Waals surface area contributed by atoms with E-state index >= 15 is 0 Å². The zero-order valence-electron chi connectivity index (χ0n) is 15.5. The van der Waals surface area contributed by atoms with E-state index in [-0.39, 0.29) is 6.61 Å². The zero-order valence-corrected chi connectivity index (χ0v) is 17.0. The molecule has 0 radical (unpaired) electrons. The quantitative estimate of drug-likeness (QED) is 0.466. The van der Waals surface area contributed by atoms with E-state index in [1.54, 1.807) is 48.5 Å². The Morgan fingerprint density at radius 1 is 1.00 bits per heavy atom. The SMILES string of the molecule is O=c1[nH]c2ccccc2c(=O)n1N=Cc1cc(Cl)ccc1OCc1ccccc1Cl. The highest BCUT2D eigenvalue weighted by Gasteiger charge is 2.08. The van der Waals surface area contributed by atoms with Crippen LogP contribution in [-0.2, 0) is 6.61 Å². The number of benzene rings is 3. The molecular formula is C22H15Cl2N3O3. The second-order valence-electron chi connectivity index (χ2n) is 6.40. The largest absolute Gasteiger partial charge is 0.488 e. The average Bonchev–Trinajstić information content (AvgIpc) is 2.74. The van der Waals surface area contributed by atoms with Crippen LogP contribution < -0.4 is 16.0 Å². The van der Waals surface area contributed by atoms with Crippen molar-refractivity contribution in [2.45, 2.75) is 6.61 Å². The minimum Gasteiger partial charge on any atom is -0.488 e. The van der Waals surface area contributed by atoms with Crippen LogP contribution in [0.1, 0.15) is 11.1 Å². The van der Waals surface area contributed by atoms with E-state index in [9.17, 15) is 9.59 Å². The first-order valence-corrected chi connectivity index (χ1v) is 9.73. The van der Waals surface area contributed by atoms with Gasteiger partial charge < -0.3 is 9.72 Å². The summed E-state index contributed by atoms with van der Waals surface area (Å²) in [5.74, 6) is 0.480. The standard InChI is InChI=1S/C22H15Cl2N3O3/c23-16-9-10-20(30-13-14-5-1-3-7-18(14)24)15(11-16)12-25-27-21(28)17-6-2-4-8-19(17)26-22(27)29/h1-12H,13H2,(H,26,29). The van der Waals surface area contributed by atoms with Gasteiger partial charge in [-0.3, -0.25) is 4.79 Å². The molecule has 4 rings (SSSR count). The molecule has 30 heavy (non-hydrogen) atoms. The molecule has 0 unspecified atom stereocenters. The van der Waals surface area contributed by atoms with Crippen LogP contribution >= 0.6 is 23.2 Å². The number of halogens is 2. The number of para-hydroxylation sites is 1. The first-order valence-electron chi connectivity index (χ1n) is 8.97. The summed E-state index contributed by atoms with van der Waals surface area (Å²) in [4.78, 5) is 27.6. The highest BCUT2D eigenvalue weighted by Crippen LogP contribution is 2.24. The van der Waals surface area contributed by atoms with Crippen molar-refractivity contribution >= 4 is 40.3 Å². The predicted octanol–water partition coefficient (Wildman–Crippen LogP) is 4.46. The first kappa shape index (κ1) is 19.9. The number of nitrogens with zero attached hydrogens (tertiary/aromatic N) is 2. The summed E-state index contributed by atoms with van der Waals surface area (Å²) < 4.78 is 6.64. The lowest BCUT2D eigenvalue weighted by Gasteiger charge is -2.10. The van der Waals surface area contributed by atoms with Crippen LogP contribution in [-0.4, -0.2) is 15.9 Å². The summed E-state index contributed by atoms with van der Waals surface area (Å²) in [5.41, 5.74) is 0.611. The third-order valence-corrected chi connectivity index (χ3v) is 5.01. The number of rotatable bonds is 5. The molecule has 0 fully saturated rings. The Hall–Kier alpha value is -3.35. The fourth-order valence-corrected chi connectivity index (χ4v) is 3.27. The van der Waals surface area contributed by atoms with Crippen molar-refractivity contribution in [1.82, 2.24) is 9.66 Å². The summed E-state index contributed by atoms with van der Waals surface area (Å²) >= 11 is 12.3. The van der Waals surface area contributed by atoms with E-state index in [1.165, 1.54) is 6.21 Å². The fourth-order valence-electron chi connectivity index (χ4n) is 2.90. The third kappa shape index (κ3) is 4.15. The average molecular weight is 440 g/mol. The molecule has 150 valence electrons. The van der Waals surface area contributed by atoms with Crippen molar-refractivity contribution in [3.05, 3.63) is 109 Å². The van der Waals surface area contributed by atoms with Crippen molar-refractivity contribution in [3.8, 4) is 5.75 Å². The fraction of sp³-hybridized carbons (Fsp3) is 0.0455. The van der Waals surface area contributed by atoms with Crippen LogP contribution in [0.2, 0.25) is 10.0 Å². The van der Waals surface area contributed by atoms with E-state index in [2.05, 4.69) is 10.1 Å². The second-order valence-corrected chi connectivity index (χ2v) is 7.24. The van der Waals surface area contributed by atoms with Gasteiger partial charge in [0.05, 0.1) is 17.1 Å². The van der Waals surface area contributed by atoms with Crippen molar-refractivity contribution in [3.63, 3.8) is 0 Å². The molecule has 0 spiro atoms. The molecular weight excluding hydrogens is 425 g/mol. The molecule has 6 nitrogen and oxygen atoms in total. The predicted molar refractivity (Wildman–Crippen MR) is 119 cm³/mol. The molecule has 0 aliphatic heterocycles. The smallest absolute Gasteiger partial charge is 0.349 e. The van der Waals surface area contributed by atoms with Gasteiger partial charge in [-0.15, -0.1) is 4.68 Å². The van der Waals surface area contributed by atoms with Crippen molar-refractivity contribution in [1.29, 1.82) is 0 Å². The molecule has 8 heteroatoms. The van der Waals surface area contributed by atoms with Crippen molar-refractivity contribution in [2.24, 2.45) is 5.10 Å². The maximum Gasteiger partial charge on any atom is 0.349 e. The maximum absolute atomic E-state index is 12.6. The number of hydrogen-bond acceptors (Lipinski definition) is 4. The van der Waals surface area contributed by atoms with Gasteiger partial charge in [-0.1, -0.05) is 53.5 Å². The van der Waals surface area contributed by atoms with E-state index in [0.29, 0.717) is 32.3 Å². The highest BCUT2D eigenvalue weighted by atomic mass is 35.5. The lowest BCUT2D eigenvalue weighted by molar-refractivity contribution is 0.306. The van der Waals surface area contributed by atoms with Gasteiger partial charge in [0.2, 0.25) is 0 Å². The molecule has 0 aliphatic rings. The van der Waals surface area contributed by atoms with E-state index in [0.717, 1.165) is 10.2 Å². The van der Waals surface area contributed by atoms with Crippen LogP contribution in [0, 0.1) is 0 Å². The van der Waals surface area contributed by atoms with E-state index in [1.807, 2.05) is 18.2 Å². The van der Waals surface area contributed by atoms with Gasteiger partial charge in [-0.05, 0) is 36.4 Å². The van der Waals surface area contributed by atoms with Crippen LogP contribution in [0.3, 0.4) is 0 Å². The summed E-state index contributed by atoms with van der Waals surface area (Å²) in [6.07, 6.45) is 1.36. The molecule has 1 N–H and O–H groups in total. The first-order chi connectivity index (χ1) is 14.5. The van der Waals surface area contributed by atoms with Gasteiger partial charge in [0.25, 0.3) is 5.56 Å². The third-order valence-electron chi connectivity index (χ3n) is 4.41. The molecule has 1 heterocycles. The number of hydrogen-bond donors (Lipinski definition) is 1. The van der Waals surface area contributed by atoms with Gasteiger partial charge in [0, 0.05) is 21.2 Å². The minimum atomic E-state index is -0.643. The lowest BCUT2D eigenvalue weighted by atomic mass is 10.2. The Balaban J connectivity index is 1.68. The molecule has 0 atom stereocenters. The Morgan fingerprint density at radius 2 is 1.77 bits per heavy atom. The number of ether oxygens (including phenoxy) is 1. The Bertz CT molecular complexity index is 1380. The Kier molecular flexibility index (Phi) is 5.70. The number of aromatic amines is 1. The monoisotopic (exact) mass is 439 g/mol. The summed E-state index contributed by atoms with van der Waals surface area (Å²) in [6.45, 7) is 0.235. The molecule has 0 bridgehead atoms. The summed E-state index contributed by atoms with van der Waals surface area (Å²) in [7, 11) is 0. The van der Waals surface area contributed by atoms with Gasteiger partial charge in [-0.2, -0.15) is 5.10 Å². The zero-order chi connectivity index (χ0) is 21.1. The second kappa shape index (κ2) is 8.57. The van der Waals surface area contributed by atoms with E-state index < -0.39 is 11.2 Å².